The minimum absolute atomic E-state index is 0.295. The van der Waals surface area contributed by atoms with Gasteiger partial charge in [0.15, 0.2) is 0 Å². The van der Waals surface area contributed by atoms with Gasteiger partial charge in [-0.2, -0.15) is 0 Å². The molecule has 0 bridgehead atoms. The number of nitrogens with two attached hydrogens (primary N) is 1. The van der Waals surface area contributed by atoms with Crippen molar-refractivity contribution in [1.29, 1.82) is 0 Å². The third kappa shape index (κ3) is 4.34. The van der Waals surface area contributed by atoms with Crippen LogP contribution in [0.2, 0.25) is 0 Å². The van der Waals surface area contributed by atoms with E-state index in [0.29, 0.717) is 12.5 Å². The predicted molar refractivity (Wildman–Crippen MR) is 48.7 cm³/mol. The summed E-state index contributed by atoms with van der Waals surface area (Å²) < 4.78 is 19.0. The molecule has 1 unspecified atom stereocenters. The summed E-state index contributed by atoms with van der Waals surface area (Å²) in [7, 11) is 0. The topological polar surface area (TPSA) is 52.3 Å². The smallest absolute Gasteiger partial charge is 0.322 e. The minimum atomic E-state index is -1.91. The number of rotatable bonds is 5. The second-order valence-corrected chi connectivity index (χ2v) is 2.81. The van der Waals surface area contributed by atoms with Crippen LogP contribution >= 0.6 is 0 Å². The van der Waals surface area contributed by atoms with Gasteiger partial charge < -0.3 is 10.5 Å². The number of carbonyl (C=O) groups excluding carboxylic acids is 1. The molecule has 0 aromatic rings. The SMILES string of the molecule is [2H]CC([2H])(N)C(=O)OCC(CC)CC. The van der Waals surface area contributed by atoms with Crippen LogP contribution in [-0.2, 0) is 9.53 Å². The lowest BCUT2D eigenvalue weighted by atomic mass is 10.1. The van der Waals surface area contributed by atoms with Crippen LogP contribution in [-0.4, -0.2) is 18.6 Å². The summed E-state index contributed by atoms with van der Waals surface area (Å²) in [5.74, 6) is -0.486. The van der Waals surface area contributed by atoms with Gasteiger partial charge in [-0.3, -0.25) is 4.79 Å². The number of hydrogen-bond donors (Lipinski definition) is 1. The van der Waals surface area contributed by atoms with E-state index >= 15 is 0 Å². The molecule has 0 aromatic carbocycles. The van der Waals surface area contributed by atoms with E-state index in [0.717, 1.165) is 12.8 Å². The highest BCUT2D eigenvalue weighted by molar-refractivity contribution is 5.74. The van der Waals surface area contributed by atoms with Crippen molar-refractivity contribution in [2.75, 3.05) is 6.61 Å². The zero-order valence-corrected chi connectivity index (χ0v) is 7.80. The average molecular weight is 175 g/mol. The lowest BCUT2D eigenvalue weighted by Crippen LogP contribution is -2.30. The molecule has 0 fully saturated rings. The molecule has 72 valence electrons. The van der Waals surface area contributed by atoms with Gasteiger partial charge in [0.2, 0.25) is 0 Å². The molecule has 1 atom stereocenters. The van der Waals surface area contributed by atoms with Crippen LogP contribution in [0, 0.1) is 5.92 Å². The summed E-state index contributed by atoms with van der Waals surface area (Å²) in [6, 6.07) is -1.91. The highest BCUT2D eigenvalue weighted by Gasteiger charge is 2.11. The molecule has 0 rings (SSSR count). The first-order chi connectivity index (χ1) is 6.47. The molecule has 0 saturated carbocycles. The quantitative estimate of drug-likeness (QED) is 0.641. The van der Waals surface area contributed by atoms with Crippen LogP contribution in [0.3, 0.4) is 0 Å². The van der Waals surface area contributed by atoms with Crippen molar-refractivity contribution in [2.45, 2.75) is 39.6 Å². The molecule has 0 aliphatic rings. The fourth-order valence-corrected chi connectivity index (χ4v) is 0.811. The summed E-state index contributed by atoms with van der Waals surface area (Å²) in [5.41, 5.74) is 5.23. The number of carbonyl (C=O) groups is 1. The molecule has 3 heteroatoms. The summed E-state index contributed by atoms with van der Waals surface area (Å²) >= 11 is 0. The molecule has 0 aromatic heterocycles. The van der Waals surface area contributed by atoms with E-state index in [2.05, 4.69) is 0 Å². The number of hydrogen-bond acceptors (Lipinski definition) is 3. The maximum atomic E-state index is 11.2. The Labute approximate surface area is 77.1 Å². The van der Waals surface area contributed by atoms with Crippen LogP contribution < -0.4 is 5.73 Å². The van der Waals surface area contributed by atoms with Crippen LogP contribution in [0.1, 0.15) is 36.3 Å². The molecular formula is C9H19NO2. The summed E-state index contributed by atoms with van der Waals surface area (Å²) in [4.78, 5) is 11.2. The fraction of sp³-hybridized carbons (Fsp3) is 0.889. The van der Waals surface area contributed by atoms with Gasteiger partial charge in [0.25, 0.3) is 0 Å². The lowest BCUT2D eigenvalue weighted by Gasteiger charge is -2.13. The third-order valence-electron chi connectivity index (χ3n) is 1.87. The van der Waals surface area contributed by atoms with Crippen molar-refractivity contribution >= 4 is 5.97 Å². The first-order valence-corrected chi connectivity index (χ1v) is 4.23. The first-order valence-electron chi connectivity index (χ1n) is 5.44. The van der Waals surface area contributed by atoms with E-state index < -0.39 is 18.9 Å². The van der Waals surface area contributed by atoms with Gasteiger partial charge in [-0.1, -0.05) is 26.7 Å². The maximum absolute atomic E-state index is 11.2. The molecule has 0 saturated heterocycles. The number of ether oxygens (including phenoxy) is 1. The largest absolute Gasteiger partial charge is 0.464 e. The molecule has 0 aliphatic heterocycles. The van der Waals surface area contributed by atoms with Crippen molar-refractivity contribution in [2.24, 2.45) is 11.7 Å². The molecule has 2 N–H and O–H groups in total. The van der Waals surface area contributed by atoms with Crippen molar-refractivity contribution in [3.63, 3.8) is 0 Å². The highest BCUT2D eigenvalue weighted by Crippen LogP contribution is 2.07. The van der Waals surface area contributed by atoms with Gasteiger partial charge in [0.1, 0.15) is 6.02 Å². The Bertz CT molecular complexity index is 182. The van der Waals surface area contributed by atoms with Crippen molar-refractivity contribution < 1.29 is 12.3 Å². The van der Waals surface area contributed by atoms with Crippen molar-refractivity contribution in [1.82, 2.24) is 0 Å². The number of esters is 1. The molecule has 0 radical (unpaired) electrons. The van der Waals surface area contributed by atoms with Gasteiger partial charge in [-0.15, -0.1) is 0 Å². The van der Waals surface area contributed by atoms with Gasteiger partial charge in [0.05, 0.1) is 7.98 Å². The first kappa shape index (κ1) is 8.05. The Morgan fingerprint density at radius 3 is 2.67 bits per heavy atom. The molecule has 0 spiro atoms. The van der Waals surface area contributed by atoms with E-state index in [-0.39, 0.29) is 0 Å². The van der Waals surface area contributed by atoms with Crippen LogP contribution in [0.15, 0.2) is 0 Å². The fourth-order valence-electron chi connectivity index (χ4n) is 0.811. The molecule has 12 heavy (non-hydrogen) atoms. The standard InChI is InChI=1S/C9H19NO2/c1-4-8(5-2)6-12-9(11)7(3)10/h7-8H,4-6,10H2,1-3H3/i3D,7D. The van der Waals surface area contributed by atoms with E-state index in [1.165, 1.54) is 0 Å². The Balaban J connectivity index is 3.95. The maximum Gasteiger partial charge on any atom is 0.322 e. The van der Waals surface area contributed by atoms with E-state index in [1.54, 1.807) is 0 Å². The zero-order chi connectivity index (χ0) is 11.2. The minimum Gasteiger partial charge on any atom is -0.464 e. The zero-order valence-electron chi connectivity index (χ0n) is 9.80. The third-order valence-corrected chi connectivity index (χ3v) is 1.87. The van der Waals surface area contributed by atoms with Gasteiger partial charge in [-0.05, 0) is 12.8 Å². The average Bonchev–Trinajstić information content (AvgIpc) is 2.19. The van der Waals surface area contributed by atoms with Gasteiger partial charge in [-0.25, -0.2) is 0 Å². The highest BCUT2D eigenvalue weighted by atomic mass is 16.5. The molecule has 0 heterocycles. The van der Waals surface area contributed by atoms with Gasteiger partial charge in [0, 0.05) is 1.37 Å². The normalized spacial score (nSPS) is 18.0. The van der Waals surface area contributed by atoms with E-state index in [1.807, 2.05) is 13.8 Å². The monoisotopic (exact) mass is 175 g/mol. The predicted octanol–water partition coefficient (Wildman–Crippen LogP) is 1.31. The summed E-state index contributed by atoms with van der Waals surface area (Å²) in [5, 5.41) is 0. The molecular weight excluding hydrogens is 154 g/mol. The molecule has 0 aliphatic carbocycles. The second-order valence-electron chi connectivity index (χ2n) is 2.81. The van der Waals surface area contributed by atoms with Crippen LogP contribution in [0.5, 0.6) is 0 Å². The second kappa shape index (κ2) is 6.00. The van der Waals surface area contributed by atoms with E-state index in [4.69, 9.17) is 13.2 Å². The Morgan fingerprint density at radius 1 is 1.67 bits per heavy atom. The lowest BCUT2D eigenvalue weighted by molar-refractivity contribution is -0.146. The van der Waals surface area contributed by atoms with Gasteiger partial charge >= 0.3 is 5.97 Å². The molecule has 0 amide bonds. The Kier molecular flexibility index (Phi) is 4.03. The summed E-state index contributed by atoms with van der Waals surface area (Å²) in [6.45, 7) is 3.85. The summed E-state index contributed by atoms with van der Waals surface area (Å²) in [6.07, 6.45) is 1.86. The Morgan fingerprint density at radius 2 is 2.25 bits per heavy atom. The van der Waals surface area contributed by atoms with Crippen molar-refractivity contribution in [3.8, 4) is 0 Å². The van der Waals surface area contributed by atoms with Crippen LogP contribution in [0.4, 0.5) is 0 Å². The van der Waals surface area contributed by atoms with E-state index in [9.17, 15) is 4.79 Å². The molecule has 3 nitrogen and oxygen atoms in total. The van der Waals surface area contributed by atoms with Crippen LogP contribution in [0.25, 0.3) is 0 Å². The Hall–Kier alpha value is -0.570. The van der Waals surface area contributed by atoms with Crippen molar-refractivity contribution in [3.05, 3.63) is 0 Å².